The molecule has 0 heterocycles. The van der Waals surface area contributed by atoms with Crippen molar-refractivity contribution < 1.29 is 19.2 Å². The third kappa shape index (κ3) is 6.11. The number of carbonyl (C=O) groups excluding carboxylic acids is 1. The van der Waals surface area contributed by atoms with Crippen LogP contribution in [-0.2, 0) is 11.3 Å². The molecular formula is C17H19N3O5. The summed E-state index contributed by atoms with van der Waals surface area (Å²) in [4.78, 5) is 22.1. The van der Waals surface area contributed by atoms with E-state index in [2.05, 4.69) is 10.6 Å². The molecule has 0 saturated carbocycles. The van der Waals surface area contributed by atoms with E-state index in [4.69, 9.17) is 9.47 Å². The van der Waals surface area contributed by atoms with Crippen LogP contribution in [0.3, 0.4) is 0 Å². The zero-order valence-electron chi connectivity index (χ0n) is 13.7. The summed E-state index contributed by atoms with van der Waals surface area (Å²) in [5.74, 6) is 0.724. The SMILES string of the molecule is COCCOc1ccc(CNC(=O)Nc2cccc([N+](=O)[O-])c2)cc1. The number of methoxy groups -OCH3 is 1. The van der Waals surface area contributed by atoms with Gasteiger partial charge in [0.2, 0.25) is 0 Å². The van der Waals surface area contributed by atoms with Crippen LogP contribution < -0.4 is 15.4 Å². The van der Waals surface area contributed by atoms with Crippen molar-refractivity contribution in [3.63, 3.8) is 0 Å². The molecule has 0 spiro atoms. The van der Waals surface area contributed by atoms with Gasteiger partial charge >= 0.3 is 6.03 Å². The highest BCUT2D eigenvalue weighted by molar-refractivity contribution is 5.89. The molecule has 132 valence electrons. The number of hydrogen-bond acceptors (Lipinski definition) is 5. The van der Waals surface area contributed by atoms with Gasteiger partial charge in [0.15, 0.2) is 0 Å². The smallest absolute Gasteiger partial charge is 0.319 e. The van der Waals surface area contributed by atoms with Gasteiger partial charge in [0.25, 0.3) is 5.69 Å². The number of non-ortho nitro benzene ring substituents is 1. The Labute approximate surface area is 144 Å². The Kier molecular flexibility index (Phi) is 6.73. The molecule has 2 aromatic rings. The number of amides is 2. The Bertz CT molecular complexity index is 718. The Morgan fingerprint density at radius 1 is 1.16 bits per heavy atom. The molecule has 8 heteroatoms. The molecule has 25 heavy (non-hydrogen) atoms. The number of nitrogens with one attached hydrogen (secondary N) is 2. The van der Waals surface area contributed by atoms with E-state index in [9.17, 15) is 14.9 Å². The van der Waals surface area contributed by atoms with E-state index in [1.165, 1.54) is 18.2 Å². The maximum Gasteiger partial charge on any atom is 0.319 e. The second-order valence-electron chi connectivity index (χ2n) is 5.10. The standard InChI is InChI=1S/C17H19N3O5/c1-24-9-10-25-16-7-5-13(6-8-16)12-18-17(21)19-14-3-2-4-15(11-14)20(22)23/h2-8,11H,9-10,12H2,1H3,(H2,18,19,21). The highest BCUT2D eigenvalue weighted by atomic mass is 16.6. The minimum absolute atomic E-state index is 0.0816. The van der Waals surface area contributed by atoms with Gasteiger partial charge in [0.1, 0.15) is 12.4 Å². The molecule has 0 radical (unpaired) electrons. The normalized spacial score (nSPS) is 10.1. The fraction of sp³-hybridized carbons (Fsp3) is 0.235. The van der Waals surface area contributed by atoms with Crippen LogP contribution in [0, 0.1) is 10.1 Å². The summed E-state index contributed by atoms with van der Waals surface area (Å²) in [6.07, 6.45) is 0. The number of anilines is 1. The summed E-state index contributed by atoms with van der Waals surface area (Å²) >= 11 is 0. The molecule has 0 aliphatic rings. The van der Waals surface area contributed by atoms with E-state index in [0.717, 1.165) is 11.3 Å². The van der Waals surface area contributed by atoms with Crippen molar-refractivity contribution in [1.82, 2.24) is 5.32 Å². The molecule has 0 aliphatic carbocycles. The molecule has 2 aromatic carbocycles. The average molecular weight is 345 g/mol. The van der Waals surface area contributed by atoms with E-state index < -0.39 is 11.0 Å². The largest absolute Gasteiger partial charge is 0.491 e. The summed E-state index contributed by atoms with van der Waals surface area (Å²) in [6, 6.07) is 12.6. The van der Waals surface area contributed by atoms with Crippen LogP contribution in [0.15, 0.2) is 48.5 Å². The Hall–Kier alpha value is -3.13. The molecule has 0 aliphatic heterocycles. The number of benzene rings is 2. The predicted molar refractivity (Wildman–Crippen MR) is 92.8 cm³/mol. The number of nitrogens with zero attached hydrogens (tertiary/aromatic N) is 1. The maximum absolute atomic E-state index is 11.9. The van der Waals surface area contributed by atoms with E-state index in [0.29, 0.717) is 25.4 Å². The molecular weight excluding hydrogens is 326 g/mol. The van der Waals surface area contributed by atoms with E-state index >= 15 is 0 Å². The van der Waals surface area contributed by atoms with Gasteiger partial charge in [-0.3, -0.25) is 10.1 Å². The Balaban J connectivity index is 1.81. The van der Waals surface area contributed by atoms with E-state index in [-0.39, 0.29) is 5.69 Å². The Morgan fingerprint density at radius 3 is 2.60 bits per heavy atom. The molecule has 2 amide bonds. The van der Waals surface area contributed by atoms with Gasteiger partial charge in [0, 0.05) is 31.5 Å². The lowest BCUT2D eigenvalue weighted by Gasteiger charge is -2.09. The minimum Gasteiger partial charge on any atom is -0.491 e. The molecule has 0 saturated heterocycles. The minimum atomic E-state index is -0.515. The predicted octanol–water partition coefficient (Wildman–Crippen LogP) is 2.94. The summed E-state index contributed by atoms with van der Waals surface area (Å²) in [7, 11) is 1.61. The van der Waals surface area contributed by atoms with Crippen molar-refractivity contribution in [1.29, 1.82) is 0 Å². The number of ether oxygens (including phenoxy) is 2. The first-order valence-electron chi connectivity index (χ1n) is 7.58. The van der Waals surface area contributed by atoms with Crippen LogP contribution in [0.25, 0.3) is 0 Å². The van der Waals surface area contributed by atoms with Crippen molar-refractivity contribution in [3.8, 4) is 5.75 Å². The van der Waals surface area contributed by atoms with Crippen LogP contribution in [0.4, 0.5) is 16.2 Å². The Morgan fingerprint density at radius 2 is 1.92 bits per heavy atom. The van der Waals surface area contributed by atoms with E-state index in [1.807, 2.05) is 24.3 Å². The second kappa shape index (κ2) is 9.24. The molecule has 0 unspecified atom stereocenters. The van der Waals surface area contributed by atoms with Gasteiger partial charge in [-0.15, -0.1) is 0 Å². The van der Waals surface area contributed by atoms with Crippen molar-refractivity contribution in [2.24, 2.45) is 0 Å². The maximum atomic E-state index is 11.9. The summed E-state index contributed by atoms with van der Waals surface area (Å²) in [6.45, 7) is 1.31. The molecule has 8 nitrogen and oxygen atoms in total. The lowest BCUT2D eigenvalue weighted by atomic mass is 10.2. The van der Waals surface area contributed by atoms with Gasteiger partial charge < -0.3 is 20.1 Å². The number of nitro groups is 1. The lowest BCUT2D eigenvalue weighted by Crippen LogP contribution is -2.28. The topological polar surface area (TPSA) is 103 Å². The van der Waals surface area contributed by atoms with Crippen LogP contribution in [-0.4, -0.2) is 31.3 Å². The van der Waals surface area contributed by atoms with Crippen LogP contribution in [0.1, 0.15) is 5.56 Å². The zero-order valence-corrected chi connectivity index (χ0v) is 13.7. The first kappa shape index (κ1) is 18.2. The number of rotatable bonds is 8. The molecule has 2 rings (SSSR count). The molecule has 0 bridgehead atoms. The van der Waals surface area contributed by atoms with Gasteiger partial charge in [-0.25, -0.2) is 4.79 Å². The first-order valence-corrected chi connectivity index (χ1v) is 7.58. The summed E-state index contributed by atoms with van der Waals surface area (Å²) in [5, 5.41) is 16.0. The fourth-order valence-electron chi connectivity index (χ4n) is 2.00. The van der Waals surface area contributed by atoms with Gasteiger partial charge in [-0.1, -0.05) is 18.2 Å². The van der Waals surface area contributed by atoms with Crippen molar-refractivity contribution in [2.75, 3.05) is 25.6 Å². The van der Waals surface area contributed by atoms with Crippen LogP contribution in [0.5, 0.6) is 5.75 Å². The third-order valence-corrected chi connectivity index (χ3v) is 3.25. The molecule has 0 fully saturated rings. The average Bonchev–Trinajstić information content (AvgIpc) is 2.61. The number of urea groups is 1. The second-order valence-corrected chi connectivity index (χ2v) is 5.10. The molecule has 0 atom stereocenters. The van der Waals surface area contributed by atoms with Gasteiger partial charge in [-0.2, -0.15) is 0 Å². The molecule has 2 N–H and O–H groups in total. The van der Waals surface area contributed by atoms with Crippen LogP contribution >= 0.6 is 0 Å². The summed E-state index contributed by atoms with van der Waals surface area (Å²) in [5.41, 5.74) is 1.17. The third-order valence-electron chi connectivity index (χ3n) is 3.25. The summed E-state index contributed by atoms with van der Waals surface area (Å²) < 4.78 is 10.4. The van der Waals surface area contributed by atoms with Gasteiger partial charge in [-0.05, 0) is 23.8 Å². The highest BCUT2D eigenvalue weighted by Gasteiger charge is 2.08. The molecule has 0 aromatic heterocycles. The first-order chi connectivity index (χ1) is 12.1. The zero-order chi connectivity index (χ0) is 18.1. The van der Waals surface area contributed by atoms with Gasteiger partial charge in [0.05, 0.1) is 11.5 Å². The fourth-order valence-corrected chi connectivity index (χ4v) is 2.00. The lowest BCUT2D eigenvalue weighted by molar-refractivity contribution is -0.384. The van der Waals surface area contributed by atoms with Crippen LogP contribution in [0.2, 0.25) is 0 Å². The van der Waals surface area contributed by atoms with Crippen molar-refractivity contribution >= 4 is 17.4 Å². The van der Waals surface area contributed by atoms with Crippen molar-refractivity contribution in [3.05, 3.63) is 64.2 Å². The number of carbonyl (C=O) groups is 1. The van der Waals surface area contributed by atoms with Crippen molar-refractivity contribution in [2.45, 2.75) is 6.54 Å². The number of hydrogen-bond donors (Lipinski definition) is 2. The number of nitro benzene ring substituents is 1. The van der Waals surface area contributed by atoms with E-state index in [1.54, 1.807) is 13.2 Å². The quantitative estimate of drug-likeness (QED) is 0.435. The highest BCUT2D eigenvalue weighted by Crippen LogP contribution is 2.17. The monoisotopic (exact) mass is 345 g/mol.